The molecule has 2 aliphatic heterocycles. The third-order valence-electron chi connectivity index (χ3n) is 11.4. The van der Waals surface area contributed by atoms with Crippen molar-refractivity contribution in [1.82, 2.24) is 19.9 Å². The van der Waals surface area contributed by atoms with Crippen LogP contribution in [0.15, 0.2) is 121 Å². The standard InChI is InChI=1S/C56H50Br4N4O4/c57-25-5-29-65-41-13-1-9-37(33-41)53-45-17-19-47(61-45)54(38-10-2-14-42(34-38)66-30-6-26-58)49-21-23-51(63-49)56(40-12-4-16-44(36-40)68-32-8-28-60)52-24-22-50(64-52)55(48-20-18-46(53)62-48)39-11-3-15-43(35-39)67-31-7-27-59/h1-4,9-24,33-36,61,64H,5-8,25-32H2. The van der Waals surface area contributed by atoms with Crippen LogP contribution in [0.3, 0.4) is 0 Å². The topological polar surface area (TPSA) is 94.3 Å². The number of fused-ring (bicyclic) bond motifs is 8. The van der Waals surface area contributed by atoms with E-state index >= 15 is 0 Å². The molecule has 0 amide bonds. The molecule has 8 nitrogen and oxygen atoms in total. The Labute approximate surface area is 430 Å². The minimum atomic E-state index is 0.604. The average Bonchev–Trinajstić information content (AvgIpc) is 4.21. The first-order chi connectivity index (χ1) is 33.5. The van der Waals surface area contributed by atoms with Crippen molar-refractivity contribution >= 4 is 110 Å². The van der Waals surface area contributed by atoms with Crippen LogP contribution in [0, 0.1) is 0 Å². The molecule has 2 aliphatic rings. The summed E-state index contributed by atoms with van der Waals surface area (Å²) in [5.74, 6) is 3.19. The number of nitrogens with zero attached hydrogens (tertiary/aromatic N) is 2. The summed E-state index contributed by atoms with van der Waals surface area (Å²) in [4.78, 5) is 18.8. The number of aromatic nitrogens is 4. The second-order valence-electron chi connectivity index (χ2n) is 16.2. The van der Waals surface area contributed by atoms with Gasteiger partial charge in [0.1, 0.15) is 23.0 Å². The lowest BCUT2D eigenvalue weighted by atomic mass is 10.0. The van der Waals surface area contributed by atoms with E-state index in [1.165, 1.54) is 0 Å². The molecular weight excluding hydrogens is 1110 g/mol. The molecule has 68 heavy (non-hydrogen) atoms. The van der Waals surface area contributed by atoms with E-state index in [0.717, 1.165) is 159 Å². The van der Waals surface area contributed by atoms with E-state index in [2.05, 4.69) is 171 Å². The summed E-state index contributed by atoms with van der Waals surface area (Å²) in [5.41, 5.74) is 14.5. The van der Waals surface area contributed by atoms with Gasteiger partial charge in [-0.25, -0.2) is 9.97 Å². The molecule has 346 valence electrons. The summed E-state index contributed by atoms with van der Waals surface area (Å²) in [5, 5.41) is 3.47. The van der Waals surface area contributed by atoms with Gasteiger partial charge in [0.25, 0.3) is 0 Å². The first-order valence-electron chi connectivity index (χ1n) is 22.9. The van der Waals surface area contributed by atoms with Crippen molar-refractivity contribution in [2.45, 2.75) is 25.7 Å². The van der Waals surface area contributed by atoms with Crippen LogP contribution in [-0.2, 0) is 0 Å². The van der Waals surface area contributed by atoms with Crippen LogP contribution >= 0.6 is 63.7 Å². The van der Waals surface area contributed by atoms with E-state index in [-0.39, 0.29) is 0 Å². The van der Waals surface area contributed by atoms with Gasteiger partial charge in [0.15, 0.2) is 0 Å². The van der Waals surface area contributed by atoms with Crippen LogP contribution in [0.25, 0.3) is 90.9 Å². The number of rotatable bonds is 20. The molecular formula is C56H50Br4N4O4. The minimum Gasteiger partial charge on any atom is -0.494 e. The van der Waals surface area contributed by atoms with Crippen molar-refractivity contribution in [1.29, 1.82) is 0 Å². The summed E-state index contributed by atoms with van der Waals surface area (Å²) in [6, 6.07) is 41.7. The fourth-order valence-electron chi connectivity index (χ4n) is 8.36. The number of nitrogens with one attached hydrogen (secondary N) is 2. The van der Waals surface area contributed by atoms with Crippen molar-refractivity contribution in [3.8, 4) is 67.5 Å². The third kappa shape index (κ3) is 11.2. The highest BCUT2D eigenvalue weighted by Gasteiger charge is 2.20. The molecule has 2 N–H and O–H groups in total. The molecule has 0 spiro atoms. The number of alkyl halides is 4. The van der Waals surface area contributed by atoms with Gasteiger partial charge < -0.3 is 28.9 Å². The minimum absolute atomic E-state index is 0.604. The summed E-state index contributed by atoms with van der Waals surface area (Å²) in [7, 11) is 0. The summed E-state index contributed by atoms with van der Waals surface area (Å²) >= 11 is 14.2. The summed E-state index contributed by atoms with van der Waals surface area (Å²) in [6.45, 7) is 2.41. The molecule has 0 saturated carbocycles. The van der Waals surface area contributed by atoms with Crippen molar-refractivity contribution in [3.05, 3.63) is 144 Å². The van der Waals surface area contributed by atoms with Gasteiger partial charge >= 0.3 is 0 Å². The maximum atomic E-state index is 6.25. The number of aromatic amines is 2. The molecule has 0 radical (unpaired) electrons. The number of H-pyrrole nitrogens is 2. The molecule has 4 aromatic carbocycles. The van der Waals surface area contributed by atoms with E-state index in [0.29, 0.717) is 26.4 Å². The Bertz CT molecular complexity index is 2720. The van der Waals surface area contributed by atoms with E-state index in [1.807, 2.05) is 48.5 Å². The Kier molecular flexibility index (Phi) is 16.3. The van der Waals surface area contributed by atoms with E-state index in [4.69, 9.17) is 28.9 Å². The van der Waals surface area contributed by atoms with Gasteiger partial charge in [0.05, 0.1) is 49.2 Å². The van der Waals surface area contributed by atoms with Gasteiger partial charge in [-0.05, 0) is 145 Å². The zero-order chi connectivity index (χ0) is 46.7. The average molecular weight is 1160 g/mol. The molecule has 3 aromatic heterocycles. The van der Waals surface area contributed by atoms with Gasteiger partial charge in [-0.3, -0.25) is 0 Å². The fourth-order valence-corrected chi connectivity index (χ4v) is 9.28. The molecule has 7 aromatic rings. The van der Waals surface area contributed by atoms with Crippen LogP contribution in [0.2, 0.25) is 0 Å². The fraction of sp³-hybridized carbons (Fsp3) is 0.214. The normalized spacial score (nSPS) is 11.8. The number of halogens is 4. The second-order valence-corrected chi connectivity index (χ2v) is 19.3. The van der Waals surface area contributed by atoms with Crippen LogP contribution in [0.1, 0.15) is 48.5 Å². The van der Waals surface area contributed by atoms with Gasteiger partial charge in [-0.1, -0.05) is 112 Å². The zero-order valence-electron chi connectivity index (χ0n) is 37.4. The maximum Gasteiger partial charge on any atom is 0.119 e. The Balaban J connectivity index is 1.37. The Morgan fingerprint density at radius 1 is 0.338 bits per heavy atom. The molecule has 0 fully saturated rings. The number of hydrogen-bond acceptors (Lipinski definition) is 6. The first kappa shape index (κ1) is 47.7. The zero-order valence-corrected chi connectivity index (χ0v) is 43.7. The highest BCUT2D eigenvalue weighted by atomic mass is 79.9. The maximum absolute atomic E-state index is 6.25. The Morgan fingerprint density at radius 2 is 0.588 bits per heavy atom. The largest absolute Gasteiger partial charge is 0.494 e. The number of benzene rings is 4. The molecule has 0 aliphatic carbocycles. The van der Waals surface area contributed by atoms with Gasteiger partial charge in [-0.2, -0.15) is 0 Å². The van der Waals surface area contributed by atoms with Crippen LogP contribution in [0.5, 0.6) is 23.0 Å². The Hall–Kier alpha value is -5.40. The molecule has 9 rings (SSSR count). The predicted molar refractivity (Wildman–Crippen MR) is 296 cm³/mol. The molecule has 12 heteroatoms. The van der Waals surface area contributed by atoms with Gasteiger partial charge in [0.2, 0.25) is 0 Å². The first-order valence-corrected chi connectivity index (χ1v) is 27.3. The second kappa shape index (κ2) is 23.3. The number of hydrogen-bond donors (Lipinski definition) is 2. The SMILES string of the molecule is BrCCCOc1cccc(-c2c3nc(c(-c4cccc(OCCCBr)c4)c4ccc([nH]4)c(-c4cccc(OCCCBr)c4)c4nc(c(-c5cccc(OCCCBr)c5)c5ccc2[nH]5)C=C4)C=C3)c1. The van der Waals surface area contributed by atoms with Crippen molar-refractivity contribution in [3.63, 3.8) is 0 Å². The highest BCUT2D eigenvalue weighted by molar-refractivity contribution is 9.09. The summed E-state index contributed by atoms with van der Waals surface area (Å²) in [6.07, 6.45) is 12.0. The smallest absolute Gasteiger partial charge is 0.119 e. The highest BCUT2D eigenvalue weighted by Crippen LogP contribution is 2.40. The van der Waals surface area contributed by atoms with Gasteiger partial charge in [-0.15, -0.1) is 0 Å². The van der Waals surface area contributed by atoms with E-state index in [1.54, 1.807) is 0 Å². The molecule has 0 atom stereocenters. The predicted octanol–water partition coefficient (Wildman–Crippen LogP) is 16.0. The number of ether oxygens (including phenoxy) is 4. The lowest BCUT2D eigenvalue weighted by Gasteiger charge is -2.10. The van der Waals surface area contributed by atoms with Crippen molar-refractivity contribution < 1.29 is 18.9 Å². The van der Waals surface area contributed by atoms with Crippen molar-refractivity contribution in [2.24, 2.45) is 0 Å². The van der Waals surface area contributed by atoms with E-state index in [9.17, 15) is 0 Å². The Morgan fingerprint density at radius 3 is 0.824 bits per heavy atom. The van der Waals surface area contributed by atoms with Crippen molar-refractivity contribution in [2.75, 3.05) is 47.7 Å². The van der Waals surface area contributed by atoms with Crippen LogP contribution in [0.4, 0.5) is 0 Å². The van der Waals surface area contributed by atoms with Crippen LogP contribution in [-0.4, -0.2) is 67.7 Å². The molecule has 5 heterocycles. The summed E-state index contributed by atoms with van der Waals surface area (Å²) < 4.78 is 25.0. The lowest BCUT2D eigenvalue weighted by molar-refractivity contribution is 0.319. The van der Waals surface area contributed by atoms with Gasteiger partial charge in [0, 0.05) is 65.6 Å². The third-order valence-corrected chi connectivity index (χ3v) is 13.7. The molecule has 0 saturated heterocycles. The monoisotopic (exact) mass is 1160 g/mol. The van der Waals surface area contributed by atoms with E-state index < -0.39 is 0 Å². The molecule has 8 bridgehead atoms. The molecule has 0 unspecified atom stereocenters. The van der Waals surface area contributed by atoms with Crippen LogP contribution < -0.4 is 18.9 Å². The quantitative estimate of drug-likeness (QED) is 0.0583. The lowest BCUT2D eigenvalue weighted by Crippen LogP contribution is -1.98.